The number of hydrogen-bond acceptors (Lipinski definition) is 4. The van der Waals surface area contributed by atoms with Crippen molar-refractivity contribution in [1.82, 2.24) is 19.9 Å². The Labute approximate surface area is 146 Å². The van der Waals surface area contributed by atoms with Gasteiger partial charge in [0.15, 0.2) is 0 Å². The summed E-state index contributed by atoms with van der Waals surface area (Å²) in [5.41, 5.74) is 5.22. The Morgan fingerprint density at radius 2 is 2.16 bits per heavy atom. The zero-order valence-corrected chi connectivity index (χ0v) is 14.5. The van der Waals surface area contributed by atoms with Gasteiger partial charge in [-0.25, -0.2) is 15.0 Å². The molecule has 0 aliphatic heterocycles. The Morgan fingerprint density at radius 1 is 1.24 bits per heavy atom. The smallest absolute Gasteiger partial charge is 0.227 e. The largest absolute Gasteiger partial charge is 0.345 e. The normalized spacial score (nSPS) is 17.3. The predicted octanol–water partition coefficient (Wildman–Crippen LogP) is 4.69. The number of fused-ring (bicyclic) bond motifs is 1. The summed E-state index contributed by atoms with van der Waals surface area (Å²) in [6.07, 6.45) is 12.2. The molecule has 4 rings (SSSR count). The van der Waals surface area contributed by atoms with E-state index >= 15 is 0 Å². The minimum Gasteiger partial charge on any atom is -0.345 e. The van der Waals surface area contributed by atoms with Gasteiger partial charge in [-0.1, -0.05) is 26.0 Å². The zero-order chi connectivity index (χ0) is 17.2. The molecule has 0 saturated heterocycles. The molecule has 0 radical (unpaired) electrons. The number of aromatic amines is 1. The summed E-state index contributed by atoms with van der Waals surface area (Å²) < 4.78 is 0. The van der Waals surface area contributed by atoms with Crippen molar-refractivity contribution in [2.24, 2.45) is 5.92 Å². The Balaban J connectivity index is 1.67. The van der Waals surface area contributed by atoms with Gasteiger partial charge in [0, 0.05) is 35.2 Å². The van der Waals surface area contributed by atoms with E-state index in [-0.39, 0.29) is 0 Å². The first-order valence-corrected chi connectivity index (χ1v) is 8.68. The lowest BCUT2D eigenvalue weighted by atomic mass is 9.94. The van der Waals surface area contributed by atoms with Crippen LogP contribution >= 0.6 is 0 Å². The topological polar surface area (TPSA) is 66.5 Å². The number of aromatic nitrogens is 4. The van der Waals surface area contributed by atoms with Crippen molar-refractivity contribution in [3.8, 4) is 11.3 Å². The number of pyridine rings is 1. The highest BCUT2D eigenvalue weighted by molar-refractivity contribution is 5.92. The van der Waals surface area contributed by atoms with Gasteiger partial charge in [0.1, 0.15) is 5.65 Å². The first-order valence-electron chi connectivity index (χ1n) is 8.68. The van der Waals surface area contributed by atoms with Gasteiger partial charge in [-0.3, -0.25) is 0 Å². The van der Waals surface area contributed by atoms with E-state index in [1.165, 1.54) is 5.57 Å². The van der Waals surface area contributed by atoms with E-state index < -0.39 is 0 Å². The summed E-state index contributed by atoms with van der Waals surface area (Å²) in [5, 5.41) is 4.47. The van der Waals surface area contributed by atoms with Gasteiger partial charge in [0.05, 0.1) is 5.69 Å². The van der Waals surface area contributed by atoms with Crippen LogP contribution in [0.1, 0.15) is 26.7 Å². The van der Waals surface area contributed by atoms with Gasteiger partial charge < -0.3 is 10.3 Å². The molecule has 0 fully saturated rings. The van der Waals surface area contributed by atoms with Crippen LogP contribution in [0.15, 0.2) is 60.2 Å². The zero-order valence-electron chi connectivity index (χ0n) is 14.5. The summed E-state index contributed by atoms with van der Waals surface area (Å²) in [6, 6.07) is 5.91. The minimum atomic E-state index is 0.528. The van der Waals surface area contributed by atoms with Crippen LogP contribution in [0.4, 0.5) is 5.95 Å². The van der Waals surface area contributed by atoms with Crippen LogP contribution in [0.3, 0.4) is 0 Å². The van der Waals surface area contributed by atoms with E-state index in [0.717, 1.165) is 40.8 Å². The molecule has 3 aromatic rings. The number of nitrogens with one attached hydrogen (secondary N) is 2. The van der Waals surface area contributed by atoms with Crippen LogP contribution in [-0.2, 0) is 0 Å². The molecule has 0 amide bonds. The number of anilines is 1. The molecular weight excluding hydrogens is 310 g/mol. The molecule has 25 heavy (non-hydrogen) atoms. The molecule has 1 unspecified atom stereocenters. The lowest BCUT2D eigenvalue weighted by molar-refractivity contribution is 0.717. The lowest BCUT2D eigenvalue weighted by Crippen LogP contribution is -2.11. The third kappa shape index (κ3) is 3.05. The van der Waals surface area contributed by atoms with Gasteiger partial charge in [-0.15, -0.1) is 0 Å². The lowest BCUT2D eigenvalue weighted by Gasteiger charge is -2.19. The molecule has 0 aromatic carbocycles. The van der Waals surface area contributed by atoms with Crippen LogP contribution in [0.25, 0.3) is 22.3 Å². The average molecular weight is 331 g/mol. The Bertz CT molecular complexity index is 967. The fraction of sp³-hybridized carbons (Fsp3) is 0.250. The van der Waals surface area contributed by atoms with Gasteiger partial charge in [-0.05, 0) is 42.5 Å². The standard InChI is InChI=1S/C20H21N5/c1-3-14-7-6-13(2)11-18(14)25-20-22-10-8-17(24-20)16-12-23-19-15(16)5-4-9-21-19/h4-5,7-13H,3,6H2,1-2H3,(H,21,23)(H,22,24,25). The van der Waals surface area contributed by atoms with Gasteiger partial charge in [0.2, 0.25) is 5.95 Å². The summed E-state index contributed by atoms with van der Waals surface area (Å²) in [7, 11) is 0. The van der Waals surface area contributed by atoms with Crippen molar-refractivity contribution in [3.05, 3.63) is 60.2 Å². The summed E-state index contributed by atoms with van der Waals surface area (Å²) in [4.78, 5) is 16.7. The molecule has 1 aliphatic carbocycles. The molecule has 0 saturated carbocycles. The second-order valence-electron chi connectivity index (χ2n) is 6.37. The summed E-state index contributed by atoms with van der Waals surface area (Å²) in [5.74, 6) is 1.15. The van der Waals surface area contributed by atoms with E-state index in [2.05, 4.69) is 46.3 Å². The number of nitrogens with zero attached hydrogens (tertiary/aromatic N) is 3. The van der Waals surface area contributed by atoms with Crippen LogP contribution < -0.4 is 5.32 Å². The second kappa shape index (κ2) is 6.51. The van der Waals surface area contributed by atoms with Crippen LogP contribution in [0.5, 0.6) is 0 Å². The van der Waals surface area contributed by atoms with E-state index in [1.54, 1.807) is 12.4 Å². The maximum atomic E-state index is 4.72. The number of rotatable bonds is 4. The first kappa shape index (κ1) is 15.6. The van der Waals surface area contributed by atoms with Crippen LogP contribution in [-0.4, -0.2) is 19.9 Å². The van der Waals surface area contributed by atoms with Crippen molar-refractivity contribution >= 4 is 17.0 Å². The van der Waals surface area contributed by atoms with Gasteiger partial charge in [0.25, 0.3) is 0 Å². The molecule has 5 nitrogen and oxygen atoms in total. The Hall–Kier alpha value is -2.95. The van der Waals surface area contributed by atoms with E-state index in [9.17, 15) is 0 Å². The maximum Gasteiger partial charge on any atom is 0.227 e. The van der Waals surface area contributed by atoms with E-state index in [4.69, 9.17) is 4.98 Å². The van der Waals surface area contributed by atoms with Crippen molar-refractivity contribution < 1.29 is 0 Å². The number of hydrogen-bond donors (Lipinski definition) is 2. The predicted molar refractivity (Wildman–Crippen MR) is 101 cm³/mol. The van der Waals surface area contributed by atoms with Gasteiger partial charge in [-0.2, -0.15) is 0 Å². The molecule has 1 aliphatic rings. The summed E-state index contributed by atoms with van der Waals surface area (Å²) in [6.45, 7) is 4.40. The molecular formula is C20H21N5. The molecule has 5 heteroatoms. The fourth-order valence-electron chi connectivity index (χ4n) is 3.21. The number of allylic oxidation sites excluding steroid dienone is 3. The van der Waals surface area contributed by atoms with Gasteiger partial charge >= 0.3 is 0 Å². The fourth-order valence-corrected chi connectivity index (χ4v) is 3.21. The minimum absolute atomic E-state index is 0.528. The van der Waals surface area contributed by atoms with Crippen molar-refractivity contribution in [1.29, 1.82) is 0 Å². The van der Waals surface area contributed by atoms with E-state index in [1.807, 2.05) is 24.4 Å². The Morgan fingerprint density at radius 3 is 3.04 bits per heavy atom. The van der Waals surface area contributed by atoms with Crippen LogP contribution in [0, 0.1) is 5.92 Å². The van der Waals surface area contributed by atoms with Crippen LogP contribution in [0.2, 0.25) is 0 Å². The SMILES string of the molecule is CCC1=CCC(C)C=C1Nc1nccc(-c2c[nH]c3ncccc23)n1. The molecule has 0 spiro atoms. The molecule has 0 bridgehead atoms. The molecule has 3 heterocycles. The molecule has 1 atom stereocenters. The second-order valence-corrected chi connectivity index (χ2v) is 6.37. The van der Waals surface area contributed by atoms with E-state index in [0.29, 0.717) is 11.9 Å². The average Bonchev–Trinajstić information content (AvgIpc) is 3.06. The molecule has 3 aromatic heterocycles. The van der Waals surface area contributed by atoms with Crippen molar-refractivity contribution in [3.63, 3.8) is 0 Å². The van der Waals surface area contributed by atoms with Crippen molar-refractivity contribution in [2.45, 2.75) is 26.7 Å². The monoisotopic (exact) mass is 331 g/mol. The first-order chi connectivity index (χ1) is 12.2. The van der Waals surface area contributed by atoms with Crippen molar-refractivity contribution in [2.75, 3.05) is 5.32 Å². The maximum absolute atomic E-state index is 4.72. The number of H-pyrrole nitrogens is 1. The highest BCUT2D eigenvalue weighted by Crippen LogP contribution is 2.28. The quantitative estimate of drug-likeness (QED) is 0.728. The molecule has 2 N–H and O–H groups in total. The summed E-state index contributed by atoms with van der Waals surface area (Å²) >= 11 is 0. The third-order valence-electron chi connectivity index (χ3n) is 4.54. The third-order valence-corrected chi connectivity index (χ3v) is 4.54. The Kier molecular flexibility index (Phi) is 4.06. The molecule has 126 valence electrons. The highest BCUT2D eigenvalue weighted by Gasteiger charge is 2.14. The highest BCUT2D eigenvalue weighted by atomic mass is 15.1.